The third kappa shape index (κ3) is 6.29. The number of benzene rings is 5. The van der Waals surface area contributed by atoms with Crippen LogP contribution in [0.15, 0.2) is 164 Å². The number of ether oxygens (including phenoxy) is 1. The predicted molar refractivity (Wildman–Crippen MR) is 228 cm³/mol. The van der Waals surface area contributed by atoms with Crippen LogP contribution >= 0.6 is 0 Å². The summed E-state index contributed by atoms with van der Waals surface area (Å²) in [6.07, 6.45) is 3.72. The van der Waals surface area contributed by atoms with Gasteiger partial charge in [0.05, 0.1) is 16.7 Å². The molecule has 9 nitrogen and oxygen atoms in total. The summed E-state index contributed by atoms with van der Waals surface area (Å²) in [4.78, 5) is 28.9. The number of rotatable bonds is 7. The molecule has 0 atom stereocenters. The fourth-order valence-electron chi connectivity index (χ4n) is 7.50. The van der Waals surface area contributed by atoms with E-state index in [0.29, 0.717) is 30.0 Å². The SMILES string of the molecule is CC(C)(C)c1ccnc(-n2c3ccccc3c3ccc(Oc4cccc(N5CN(c6nc(-c7ccccc7)nc(-c7ccccc7)n6)c6cccnc65)c4)cc32)c1. The molecule has 276 valence electrons. The lowest BCUT2D eigenvalue weighted by Crippen LogP contribution is -2.26. The maximum Gasteiger partial charge on any atom is 0.235 e. The van der Waals surface area contributed by atoms with E-state index in [2.05, 4.69) is 95.8 Å². The number of aromatic nitrogens is 6. The second-order valence-corrected chi connectivity index (χ2v) is 15.1. The summed E-state index contributed by atoms with van der Waals surface area (Å²) in [5.74, 6) is 4.86. The third-order valence-corrected chi connectivity index (χ3v) is 10.4. The minimum Gasteiger partial charge on any atom is -0.457 e. The van der Waals surface area contributed by atoms with Crippen LogP contribution < -0.4 is 14.5 Å². The maximum atomic E-state index is 6.65. The number of anilines is 4. The molecule has 0 radical (unpaired) electrons. The van der Waals surface area contributed by atoms with E-state index >= 15 is 0 Å². The average Bonchev–Trinajstić information content (AvgIpc) is 3.80. The number of pyridine rings is 2. The highest BCUT2D eigenvalue weighted by molar-refractivity contribution is 6.09. The largest absolute Gasteiger partial charge is 0.457 e. The van der Waals surface area contributed by atoms with Crippen LogP contribution in [0, 0.1) is 0 Å². The van der Waals surface area contributed by atoms with Gasteiger partial charge in [-0.25, -0.2) is 15.0 Å². The summed E-state index contributed by atoms with van der Waals surface area (Å²) < 4.78 is 8.89. The first-order chi connectivity index (χ1) is 27.9. The molecule has 0 amide bonds. The molecule has 5 heterocycles. The summed E-state index contributed by atoms with van der Waals surface area (Å²) >= 11 is 0. The molecule has 9 heteroatoms. The zero-order valence-electron chi connectivity index (χ0n) is 31.8. The van der Waals surface area contributed by atoms with Gasteiger partial charge in [0.15, 0.2) is 17.5 Å². The second kappa shape index (κ2) is 13.7. The molecular weight excluding hydrogens is 705 g/mol. The smallest absolute Gasteiger partial charge is 0.235 e. The first-order valence-electron chi connectivity index (χ1n) is 19.0. The van der Waals surface area contributed by atoms with Gasteiger partial charge in [-0.15, -0.1) is 0 Å². The maximum absolute atomic E-state index is 6.65. The van der Waals surface area contributed by atoms with E-state index in [1.807, 2.05) is 103 Å². The summed E-state index contributed by atoms with van der Waals surface area (Å²) in [5, 5.41) is 2.30. The van der Waals surface area contributed by atoms with Crippen LogP contribution in [0.5, 0.6) is 11.5 Å². The zero-order chi connectivity index (χ0) is 38.5. The normalized spacial score (nSPS) is 12.7. The Hall–Kier alpha value is -7.39. The van der Waals surface area contributed by atoms with Gasteiger partial charge in [-0.1, -0.05) is 106 Å². The minimum atomic E-state index is -0.0142. The summed E-state index contributed by atoms with van der Waals surface area (Å²) in [5.41, 5.74) is 6.99. The Kier molecular flexibility index (Phi) is 8.22. The molecule has 0 fully saturated rings. The highest BCUT2D eigenvalue weighted by Crippen LogP contribution is 2.43. The van der Waals surface area contributed by atoms with E-state index < -0.39 is 0 Å². The lowest BCUT2D eigenvalue weighted by atomic mass is 9.88. The molecular formula is C48H38N8O. The molecule has 0 aliphatic carbocycles. The fraction of sp³-hybridized carbons (Fsp3) is 0.104. The van der Waals surface area contributed by atoms with Crippen molar-refractivity contribution in [2.24, 2.45) is 0 Å². The van der Waals surface area contributed by atoms with Crippen molar-refractivity contribution in [1.29, 1.82) is 0 Å². The Bertz CT molecular complexity index is 2860. The predicted octanol–water partition coefficient (Wildman–Crippen LogP) is 11.4. The van der Waals surface area contributed by atoms with E-state index in [-0.39, 0.29) is 5.41 Å². The Morgan fingerprint density at radius 2 is 1.25 bits per heavy atom. The summed E-state index contributed by atoms with van der Waals surface area (Å²) in [7, 11) is 0. The van der Waals surface area contributed by atoms with Gasteiger partial charge in [-0.05, 0) is 65.6 Å². The van der Waals surface area contributed by atoms with Crippen molar-refractivity contribution in [3.63, 3.8) is 0 Å². The molecule has 0 spiro atoms. The molecule has 10 rings (SSSR count). The van der Waals surface area contributed by atoms with Gasteiger partial charge in [-0.3, -0.25) is 9.47 Å². The lowest BCUT2D eigenvalue weighted by molar-refractivity contribution is 0.483. The molecule has 5 aromatic carbocycles. The van der Waals surface area contributed by atoms with Gasteiger partial charge >= 0.3 is 0 Å². The van der Waals surface area contributed by atoms with Gasteiger partial charge in [0.1, 0.15) is 24.0 Å². The first kappa shape index (κ1) is 34.1. The molecule has 1 aliphatic heterocycles. The molecule has 0 unspecified atom stereocenters. The van der Waals surface area contributed by atoms with Crippen LogP contribution in [0.25, 0.3) is 50.4 Å². The van der Waals surface area contributed by atoms with E-state index in [1.54, 1.807) is 0 Å². The van der Waals surface area contributed by atoms with Gasteiger partial charge < -0.3 is 9.64 Å². The first-order valence-corrected chi connectivity index (χ1v) is 19.0. The van der Waals surface area contributed by atoms with Gasteiger partial charge in [0, 0.05) is 52.1 Å². The van der Waals surface area contributed by atoms with Crippen LogP contribution in [0.3, 0.4) is 0 Å². The number of fused-ring (bicyclic) bond motifs is 4. The van der Waals surface area contributed by atoms with Crippen molar-refractivity contribution in [3.05, 3.63) is 170 Å². The number of nitrogens with zero attached hydrogens (tertiary/aromatic N) is 8. The quantitative estimate of drug-likeness (QED) is 0.160. The molecule has 57 heavy (non-hydrogen) atoms. The molecule has 4 aromatic heterocycles. The average molecular weight is 743 g/mol. The van der Waals surface area contributed by atoms with Crippen molar-refractivity contribution < 1.29 is 4.74 Å². The Balaban J connectivity index is 1.01. The van der Waals surface area contributed by atoms with Crippen molar-refractivity contribution >= 4 is 44.9 Å². The van der Waals surface area contributed by atoms with Crippen LogP contribution in [0.2, 0.25) is 0 Å². The highest BCUT2D eigenvalue weighted by atomic mass is 16.5. The highest BCUT2D eigenvalue weighted by Gasteiger charge is 2.32. The molecule has 0 saturated heterocycles. The van der Waals surface area contributed by atoms with Crippen molar-refractivity contribution in [2.75, 3.05) is 16.5 Å². The number of para-hydroxylation sites is 1. The van der Waals surface area contributed by atoms with E-state index in [1.165, 1.54) is 10.9 Å². The van der Waals surface area contributed by atoms with Gasteiger partial charge in [-0.2, -0.15) is 9.97 Å². The lowest BCUT2D eigenvalue weighted by Gasteiger charge is -2.21. The summed E-state index contributed by atoms with van der Waals surface area (Å²) in [6.45, 7) is 7.11. The molecule has 9 aromatic rings. The number of hydrogen-bond donors (Lipinski definition) is 0. The zero-order valence-corrected chi connectivity index (χ0v) is 31.8. The fourth-order valence-corrected chi connectivity index (χ4v) is 7.50. The third-order valence-electron chi connectivity index (χ3n) is 10.4. The van der Waals surface area contributed by atoms with Crippen LogP contribution in [-0.4, -0.2) is 36.2 Å². The minimum absolute atomic E-state index is 0.0142. The standard InChI is InChI=1S/C48H38N8O/c1-48(2,3)34-25-27-49-43(28-34)56-40-21-11-10-20-38(40)39-24-23-37(30-42(39)56)57-36-19-12-18-35(29-36)54-31-55(41-22-13-26-50-46(41)54)47-52-44(32-14-6-4-7-15-32)51-45(53-47)33-16-8-5-9-17-33/h4-30H,31H2,1-3H3. The van der Waals surface area contributed by atoms with Crippen molar-refractivity contribution in [3.8, 4) is 40.1 Å². The topological polar surface area (TPSA) is 85.1 Å². The van der Waals surface area contributed by atoms with Crippen molar-refractivity contribution in [2.45, 2.75) is 26.2 Å². The Labute approximate surface area is 330 Å². The second-order valence-electron chi connectivity index (χ2n) is 15.1. The molecule has 0 N–H and O–H groups in total. The van der Waals surface area contributed by atoms with Crippen LogP contribution in [-0.2, 0) is 5.41 Å². The van der Waals surface area contributed by atoms with E-state index in [9.17, 15) is 0 Å². The molecule has 0 saturated carbocycles. The van der Waals surface area contributed by atoms with E-state index in [4.69, 9.17) is 29.7 Å². The van der Waals surface area contributed by atoms with E-state index in [0.717, 1.165) is 56.3 Å². The summed E-state index contributed by atoms with van der Waals surface area (Å²) in [6, 6.07) is 51.2. The monoisotopic (exact) mass is 742 g/mol. The molecule has 1 aliphatic rings. The van der Waals surface area contributed by atoms with Crippen LogP contribution in [0.1, 0.15) is 26.3 Å². The molecule has 0 bridgehead atoms. The van der Waals surface area contributed by atoms with Crippen molar-refractivity contribution in [1.82, 2.24) is 29.5 Å². The number of hydrogen-bond acceptors (Lipinski definition) is 8. The van der Waals surface area contributed by atoms with Gasteiger partial charge in [0.25, 0.3) is 0 Å². The van der Waals surface area contributed by atoms with Gasteiger partial charge in [0.2, 0.25) is 5.95 Å². The Morgan fingerprint density at radius 1 is 0.544 bits per heavy atom. The Morgan fingerprint density at radius 3 is 2.00 bits per heavy atom. The van der Waals surface area contributed by atoms with Crippen LogP contribution in [0.4, 0.5) is 23.1 Å².